The van der Waals surface area contributed by atoms with Gasteiger partial charge in [-0.3, -0.25) is 4.79 Å². The largest absolute Gasteiger partial charge is 0.508 e. The predicted molar refractivity (Wildman–Crippen MR) is 144 cm³/mol. The average Bonchev–Trinajstić information content (AvgIpc) is 2.81. The molecule has 0 saturated heterocycles. The zero-order valence-electron chi connectivity index (χ0n) is 19.6. The number of sulfone groups is 1. The van der Waals surface area contributed by atoms with E-state index < -0.39 is 35.9 Å². The fourth-order valence-corrected chi connectivity index (χ4v) is 6.24. The molecular formula is C25H24Cl2NO7PS. The van der Waals surface area contributed by atoms with Crippen molar-refractivity contribution in [2.45, 2.75) is 23.8 Å². The molecule has 0 radical (unpaired) electrons. The number of phenolic OH excluding ortho intramolecular Hbond substituents is 1. The number of carboxylic acids is 1. The van der Waals surface area contributed by atoms with Gasteiger partial charge in [0.2, 0.25) is 0 Å². The van der Waals surface area contributed by atoms with Crippen LogP contribution in [0, 0.1) is 0 Å². The molecule has 0 spiro atoms. The van der Waals surface area contributed by atoms with Crippen molar-refractivity contribution < 1.29 is 33.1 Å². The monoisotopic (exact) mass is 583 g/mol. The molecule has 37 heavy (non-hydrogen) atoms. The fourth-order valence-electron chi connectivity index (χ4n) is 3.57. The quantitative estimate of drug-likeness (QED) is 0.266. The SMILES string of the molecule is CS(=O)(=O)c1cccc(CC(NC(=O)c2c(Cl)cc(CCP(O)c3cccc(O)c3)cc2Cl)C(=O)O)c1. The number of amides is 1. The summed E-state index contributed by atoms with van der Waals surface area (Å²) in [6.07, 6.45) is 1.65. The van der Waals surface area contributed by atoms with E-state index in [1.165, 1.54) is 42.5 Å². The summed E-state index contributed by atoms with van der Waals surface area (Å²) in [4.78, 5) is 35.2. The third-order valence-corrected chi connectivity index (χ3v) is 8.67. The summed E-state index contributed by atoms with van der Waals surface area (Å²) in [6.45, 7) is 0. The molecule has 0 aliphatic carbocycles. The van der Waals surface area contributed by atoms with Gasteiger partial charge in [-0.2, -0.15) is 0 Å². The Balaban J connectivity index is 1.72. The molecule has 0 aromatic heterocycles. The molecule has 8 nitrogen and oxygen atoms in total. The van der Waals surface area contributed by atoms with Gasteiger partial charge < -0.3 is 20.4 Å². The Morgan fingerprint density at radius 3 is 2.24 bits per heavy atom. The molecule has 4 N–H and O–H groups in total. The van der Waals surface area contributed by atoms with Gasteiger partial charge >= 0.3 is 5.97 Å². The summed E-state index contributed by atoms with van der Waals surface area (Å²) in [6, 6.07) is 13.9. The number of carbonyl (C=O) groups excluding carboxylic acids is 1. The number of nitrogens with one attached hydrogen (secondary N) is 1. The maximum Gasteiger partial charge on any atom is 0.326 e. The Kier molecular flexibility index (Phi) is 9.56. The molecule has 0 aliphatic rings. The van der Waals surface area contributed by atoms with Crippen molar-refractivity contribution in [3.63, 3.8) is 0 Å². The van der Waals surface area contributed by atoms with Crippen LogP contribution in [-0.2, 0) is 27.5 Å². The molecule has 0 fully saturated rings. The van der Waals surface area contributed by atoms with E-state index in [0.717, 1.165) is 6.26 Å². The second kappa shape index (κ2) is 12.2. The standard InChI is InChI=1S/C25H24Cl2NO7PS/c1-37(34,35)19-7-2-4-15(10-19)13-22(25(31)32)28-24(30)23-20(26)11-16(12-21(23)27)8-9-36(33)18-6-3-5-17(29)14-18/h2-7,10-12,14,22,29,33H,8-9,13H2,1H3,(H,28,30)(H,31,32). The molecule has 0 saturated carbocycles. The third kappa shape index (κ3) is 7.90. The Hall–Kier alpha value is -2.68. The summed E-state index contributed by atoms with van der Waals surface area (Å²) in [7, 11) is -5.02. The molecule has 3 aromatic rings. The van der Waals surface area contributed by atoms with Crippen molar-refractivity contribution in [3.05, 3.63) is 87.4 Å². The molecule has 0 aliphatic heterocycles. The first kappa shape index (κ1) is 28.9. The fraction of sp³-hybridized carbons (Fsp3) is 0.200. The summed E-state index contributed by atoms with van der Waals surface area (Å²) < 4.78 is 23.6. The Morgan fingerprint density at radius 1 is 1.00 bits per heavy atom. The molecule has 12 heteroatoms. The maximum absolute atomic E-state index is 12.9. The lowest BCUT2D eigenvalue weighted by Crippen LogP contribution is -2.42. The van der Waals surface area contributed by atoms with Gasteiger partial charge in [-0.1, -0.05) is 47.5 Å². The average molecular weight is 584 g/mol. The minimum Gasteiger partial charge on any atom is -0.508 e. The van der Waals surface area contributed by atoms with Gasteiger partial charge in [0.05, 0.1) is 28.7 Å². The van der Waals surface area contributed by atoms with Gasteiger partial charge in [-0.25, -0.2) is 13.2 Å². The molecule has 3 aromatic carbocycles. The van der Waals surface area contributed by atoms with E-state index in [9.17, 15) is 33.1 Å². The number of carboxylic acid groups (broad SMARTS) is 1. The summed E-state index contributed by atoms with van der Waals surface area (Å²) in [5.74, 6) is -2.05. The Morgan fingerprint density at radius 2 is 1.65 bits per heavy atom. The normalized spacial score (nSPS) is 13.1. The molecule has 0 bridgehead atoms. The molecule has 3 rings (SSSR count). The zero-order chi connectivity index (χ0) is 27.3. The van der Waals surface area contributed by atoms with E-state index in [2.05, 4.69) is 5.32 Å². The van der Waals surface area contributed by atoms with E-state index >= 15 is 0 Å². The predicted octanol–water partition coefficient (Wildman–Crippen LogP) is 3.79. The summed E-state index contributed by atoms with van der Waals surface area (Å²) in [5.41, 5.74) is 0.985. The summed E-state index contributed by atoms with van der Waals surface area (Å²) in [5, 5.41) is 22.3. The highest BCUT2D eigenvalue weighted by atomic mass is 35.5. The van der Waals surface area contributed by atoms with E-state index in [-0.39, 0.29) is 32.7 Å². The minimum absolute atomic E-state index is 0.0165. The molecule has 2 unspecified atom stereocenters. The van der Waals surface area contributed by atoms with E-state index in [1.54, 1.807) is 18.2 Å². The minimum atomic E-state index is -3.49. The molecule has 0 heterocycles. The van der Waals surface area contributed by atoms with E-state index in [4.69, 9.17) is 23.2 Å². The van der Waals surface area contributed by atoms with Crippen LogP contribution in [0.3, 0.4) is 0 Å². The van der Waals surface area contributed by atoms with Crippen molar-refractivity contribution in [1.82, 2.24) is 5.32 Å². The smallest absolute Gasteiger partial charge is 0.326 e. The number of rotatable bonds is 10. The lowest BCUT2D eigenvalue weighted by atomic mass is 10.0. The third-order valence-electron chi connectivity index (χ3n) is 5.44. The lowest BCUT2D eigenvalue weighted by molar-refractivity contribution is -0.139. The maximum atomic E-state index is 12.9. The Bertz CT molecular complexity index is 1410. The number of phenols is 1. The molecule has 2 atom stereocenters. The number of aliphatic carboxylic acids is 1. The second-order valence-electron chi connectivity index (χ2n) is 8.32. The van der Waals surface area contributed by atoms with Crippen LogP contribution < -0.4 is 10.6 Å². The summed E-state index contributed by atoms with van der Waals surface area (Å²) >= 11 is 12.7. The van der Waals surface area contributed by atoms with Crippen LogP contribution in [0.4, 0.5) is 0 Å². The van der Waals surface area contributed by atoms with Crippen LogP contribution in [-0.4, -0.2) is 53.9 Å². The van der Waals surface area contributed by atoms with Gasteiger partial charge in [-0.15, -0.1) is 0 Å². The number of hydrogen-bond donors (Lipinski definition) is 4. The van der Waals surface area contributed by atoms with Crippen molar-refractivity contribution in [3.8, 4) is 5.75 Å². The first-order chi connectivity index (χ1) is 17.3. The van der Waals surface area contributed by atoms with Crippen LogP contribution >= 0.6 is 31.4 Å². The number of carbonyl (C=O) groups is 2. The first-order valence-electron chi connectivity index (χ1n) is 10.9. The van der Waals surface area contributed by atoms with Crippen LogP contribution in [0.15, 0.2) is 65.6 Å². The van der Waals surface area contributed by atoms with Gasteiger partial charge in [0.1, 0.15) is 11.8 Å². The molecule has 1 amide bonds. The van der Waals surface area contributed by atoms with Gasteiger partial charge in [0.15, 0.2) is 9.84 Å². The van der Waals surface area contributed by atoms with E-state index in [0.29, 0.717) is 29.0 Å². The van der Waals surface area contributed by atoms with Gasteiger partial charge in [-0.05, 0) is 60.1 Å². The van der Waals surface area contributed by atoms with Crippen LogP contribution in [0.25, 0.3) is 0 Å². The Labute approximate surface area is 225 Å². The lowest BCUT2D eigenvalue weighted by Gasteiger charge is -2.17. The van der Waals surface area contributed by atoms with Crippen molar-refractivity contribution in [2.24, 2.45) is 0 Å². The highest BCUT2D eigenvalue weighted by Gasteiger charge is 2.25. The highest BCUT2D eigenvalue weighted by molar-refractivity contribution is 7.90. The van der Waals surface area contributed by atoms with Gasteiger partial charge in [0.25, 0.3) is 5.91 Å². The van der Waals surface area contributed by atoms with Crippen molar-refractivity contribution in [1.29, 1.82) is 0 Å². The van der Waals surface area contributed by atoms with E-state index in [1.807, 2.05) is 0 Å². The van der Waals surface area contributed by atoms with Crippen LogP contribution in [0.1, 0.15) is 21.5 Å². The highest BCUT2D eigenvalue weighted by Crippen LogP contribution is 2.33. The van der Waals surface area contributed by atoms with Gasteiger partial charge in [0, 0.05) is 18.0 Å². The number of hydrogen-bond acceptors (Lipinski definition) is 6. The first-order valence-corrected chi connectivity index (χ1v) is 15.0. The molecule has 196 valence electrons. The molecular weight excluding hydrogens is 560 g/mol. The zero-order valence-corrected chi connectivity index (χ0v) is 22.8. The number of aryl methyl sites for hydroxylation is 1. The van der Waals surface area contributed by atoms with Crippen LogP contribution in [0.5, 0.6) is 5.75 Å². The van der Waals surface area contributed by atoms with Crippen molar-refractivity contribution >= 4 is 58.4 Å². The topological polar surface area (TPSA) is 141 Å². The second-order valence-corrected chi connectivity index (χ2v) is 12.9. The number of aromatic hydroxyl groups is 1. The van der Waals surface area contributed by atoms with Crippen LogP contribution in [0.2, 0.25) is 10.0 Å². The van der Waals surface area contributed by atoms with Crippen molar-refractivity contribution in [2.75, 3.05) is 12.4 Å². The number of benzene rings is 3. The number of halogens is 2.